The number of halogens is 2. The van der Waals surface area contributed by atoms with Crippen LogP contribution in [0.3, 0.4) is 0 Å². The summed E-state index contributed by atoms with van der Waals surface area (Å²) in [6, 6.07) is 10.7. The van der Waals surface area contributed by atoms with Gasteiger partial charge in [0.1, 0.15) is 22.4 Å². The standard InChI is InChI=1S/C22H24F2N4O2S/c1-3-27(25)11-10-15-13-30-20-7-5-4-6-18(20)22(15)28(14(2)29)26-21(31-22)17-12-16(23)8-9-19(17)24/h4-9,12,15H,3,10-11,13,25H2,1-2H3/t15-,22+/m1/s1. The predicted octanol–water partition coefficient (Wildman–Crippen LogP) is 3.67. The van der Waals surface area contributed by atoms with Crippen LogP contribution < -0.4 is 10.6 Å². The largest absolute Gasteiger partial charge is 0.493 e. The second-order valence-electron chi connectivity index (χ2n) is 7.58. The number of amides is 1. The lowest BCUT2D eigenvalue weighted by Gasteiger charge is -2.45. The minimum atomic E-state index is -0.941. The molecule has 2 N–H and O–H groups in total. The lowest BCUT2D eigenvalue weighted by Crippen LogP contribution is -2.51. The van der Waals surface area contributed by atoms with Gasteiger partial charge in [0.25, 0.3) is 0 Å². The average Bonchev–Trinajstić information content (AvgIpc) is 3.16. The summed E-state index contributed by atoms with van der Waals surface area (Å²) in [7, 11) is 0. The average molecular weight is 447 g/mol. The van der Waals surface area contributed by atoms with Gasteiger partial charge in [-0.15, -0.1) is 0 Å². The van der Waals surface area contributed by atoms with E-state index in [9.17, 15) is 13.6 Å². The van der Waals surface area contributed by atoms with Gasteiger partial charge in [-0.3, -0.25) is 10.6 Å². The maximum Gasteiger partial charge on any atom is 0.241 e. The van der Waals surface area contributed by atoms with Gasteiger partial charge >= 0.3 is 0 Å². The lowest BCUT2D eigenvalue weighted by atomic mass is 9.86. The number of hydrazine groups is 1. The molecule has 6 nitrogen and oxygen atoms in total. The third-order valence-corrected chi connectivity index (χ3v) is 7.18. The van der Waals surface area contributed by atoms with Crippen LogP contribution in [0, 0.1) is 17.6 Å². The molecule has 0 unspecified atom stereocenters. The SMILES string of the molecule is CCN(N)CC[C@@H]1COc2ccccc2[C@@]12SC(c1cc(F)ccc1F)=NN2C(C)=O. The maximum absolute atomic E-state index is 14.6. The first-order valence-electron chi connectivity index (χ1n) is 10.1. The van der Waals surface area contributed by atoms with Crippen molar-refractivity contribution in [3.63, 3.8) is 0 Å². The molecule has 0 fully saturated rings. The highest BCUT2D eigenvalue weighted by molar-refractivity contribution is 8.15. The number of rotatable bonds is 5. The Morgan fingerprint density at radius 1 is 1.35 bits per heavy atom. The van der Waals surface area contributed by atoms with Gasteiger partial charge in [0.15, 0.2) is 4.87 Å². The third-order valence-electron chi connectivity index (χ3n) is 5.65. The van der Waals surface area contributed by atoms with Crippen LogP contribution in [0.1, 0.15) is 31.4 Å². The number of fused-ring (bicyclic) bond motifs is 2. The van der Waals surface area contributed by atoms with Crippen molar-refractivity contribution < 1.29 is 18.3 Å². The molecule has 0 aromatic heterocycles. The van der Waals surface area contributed by atoms with E-state index in [1.54, 1.807) is 5.01 Å². The monoisotopic (exact) mass is 446 g/mol. The number of nitrogens with zero attached hydrogens (tertiary/aromatic N) is 3. The molecule has 164 valence electrons. The zero-order chi connectivity index (χ0) is 22.2. The molecule has 0 saturated heterocycles. The van der Waals surface area contributed by atoms with Crippen molar-refractivity contribution in [2.24, 2.45) is 16.9 Å². The minimum Gasteiger partial charge on any atom is -0.493 e. The van der Waals surface area contributed by atoms with E-state index >= 15 is 0 Å². The number of hydrogen-bond donors (Lipinski definition) is 1. The molecular formula is C22H24F2N4O2S. The fraction of sp³-hybridized carbons (Fsp3) is 0.364. The van der Waals surface area contributed by atoms with Crippen molar-refractivity contribution in [3.05, 3.63) is 65.2 Å². The van der Waals surface area contributed by atoms with Gasteiger partial charge in [0.2, 0.25) is 5.91 Å². The van der Waals surface area contributed by atoms with Crippen molar-refractivity contribution in [3.8, 4) is 5.75 Å². The Hall–Kier alpha value is -2.49. The number of hydrazone groups is 1. The van der Waals surface area contributed by atoms with Gasteiger partial charge in [-0.25, -0.2) is 18.8 Å². The van der Waals surface area contributed by atoms with E-state index in [0.29, 0.717) is 31.9 Å². The van der Waals surface area contributed by atoms with Gasteiger partial charge in [-0.05, 0) is 30.7 Å². The van der Waals surface area contributed by atoms with Gasteiger partial charge < -0.3 is 4.74 Å². The van der Waals surface area contributed by atoms with E-state index in [-0.39, 0.29) is 22.4 Å². The Balaban J connectivity index is 1.83. The molecule has 31 heavy (non-hydrogen) atoms. The summed E-state index contributed by atoms with van der Waals surface area (Å²) in [5.41, 5.74) is 0.812. The molecule has 2 aromatic rings. The van der Waals surface area contributed by atoms with E-state index in [4.69, 9.17) is 10.6 Å². The maximum atomic E-state index is 14.6. The van der Waals surface area contributed by atoms with Crippen LogP contribution in [0.4, 0.5) is 8.78 Å². The fourth-order valence-electron chi connectivity index (χ4n) is 4.05. The molecule has 0 aliphatic carbocycles. The van der Waals surface area contributed by atoms with Gasteiger partial charge in [0, 0.05) is 37.1 Å². The zero-order valence-electron chi connectivity index (χ0n) is 17.3. The third kappa shape index (κ3) is 3.81. The Bertz CT molecular complexity index is 1030. The molecule has 0 saturated carbocycles. The summed E-state index contributed by atoms with van der Waals surface area (Å²) in [5, 5.41) is 7.84. The Morgan fingerprint density at radius 2 is 2.13 bits per heavy atom. The Morgan fingerprint density at radius 3 is 2.87 bits per heavy atom. The minimum absolute atomic E-state index is 0.0323. The number of ether oxygens (including phenoxy) is 1. The van der Waals surface area contributed by atoms with Crippen LogP contribution >= 0.6 is 11.8 Å². The zero-order valence-corrected chi connectivity index (χ0v) is 18.2. The van der Waals surface area contributed by atoms with E-state index in [2.05, 4.69) is 5.10 Å². The molecule has 2 atom stereocenters. The number of benzene rings is 2. The molecule has 4 rings (SSSR count). The van der Waals surface area contributed by atoms with Crippen LogP contribution in [0.5, 0.6) is 5.75 Å². The number of carbonyl (C=O) groups is 1. The van der Waals surface area contributed by atoms with E-state index in [1.807, 2.05) is 31.2 Å². The van der Waals surface area contributed by atoms with Gasteiger partial charge in [-0.2, -0.15) is 5.10 Å². The smallest absolute Gasteiger partial charge is 0.241 e. The first-order valence-corrected chi connectivity index (χ1v) is 10.9. The first-order chi connectivity index (χ1) is 14.9. The summed E-state index contributed by atoms with van der Waals surface area (Å²) in [4.78, 5) is 11.8. The van der Waals surface area contributed by atoms with Crippen molar-refractivity contribution in [1.29, 1.82) is 0 Å². The molecule has 1 amide bonds. The van der Waals surface area contributed by atoms with Crippen LogP contribution in [-0.4, -0.2) is 40.7 Å². The number of carbonyl (C=O) groups excluding carboxylic acids is 1. The predicted molar refractivity (Wildman–Crippen MR) is 116 cm³/mol. The van der Waals surface area contributed by atoms with Crippen LogP contribution in [0.2, 0.25) is 0 Å². The van der Waals surface area contributed by atoms with Crippen LogP contribution in [0.25, 0.3) is 0 Å². The van der Waals surface area contributed by atoms with Crippen molar-refractivity contribution in [2.75, 3.05) is 19.7 Å². The first kappa shape index (κ1) is 21.7. The van der Waals surface area contributed by atoms with E-state index < -0.39 is 16.5 Å². The summed E-state index contributed by atoms with van der Waals surface area (Å²) < 4.78 is 34.5. The number of para-hydroxylation sites is 1. The molecule has 0 bridgehead atoms. The normalized spacial score (nSPS) is 22.5. The Labute approximate surface area is 184 Å². The highest BCUT2D eigenvalue weighted by atomic mass is 32.2. The topological polar surface area (TPSA) is 71.2 Å². The van der Waals surface area contributed by atoms with Crippen molar-refractivity contribution >= 4 is 22.7 Å². The second kappa shape index (κ2) is 8.57. The summed E-state index contributed by atoms with van der Waals surface area (Å²) in [6.45, 7) is 5.00. The van der Waals surface area contributed by atoms with Crippen molar-refractivity contribution in [1.82, 2.24) is 10.0 Å². The molecule has 0 radical (unpaired) electrons. The fourth-order valence-corrected chi connectivity index (χ4v) is 5.62. The van der Waals surface area contributed by atoms with Crippen LogP contribution in [-0.2, 0) is 9.67 Å². The lowest BCUT2D eigenvalue weighted by molar-refractivity contribution is -0.134. The summed E-state index contributed by atoms with van der Waals surface area (Å²) >= 11 is 1.27. The summed E-state index contributed by atoms with van der Waals surface area (Å²) in [5.74, 6) is 5.03. The molecular weight excluding hydrogens is 422 g/mol. The highest BCUT2D eigenvalue weighted by Gasteiger charge is 2.56. The molecule has 9 heteroatoms. The molecule has 2 heterocycles. The molecule has 2 aliphatic rings. The van der Waals surface area contributed by atoms with Gasteiger partial charge in [-0.1, -0.05) is 36.9 Å². The number of hydrogen-bond acceptors (Lipinski definition) is 6. The number of nitrogens with two attached hydrogens (primary N) is 1. The van der Waals surface area contributed by atoms with Crippen LogP contribution in [0.15, 0.2) is 47.6 Å². The highest BCUT2D eigenvalue weighted by Crippen LogP contribution is 2.57. The quantitative estimate of drug-likeness (QED) is 0.561. The molecule has 2 aliphatic heterocycles. The van der Waals surface area contributed by atoms with Crippen molar-refractivity contribution in [2.45, 2.75) is 25.1 Å². The second-order valence-corrected chi connectivity index (χ2v) is 8.79. The molecule has 1 spiro atoms. The van der Waals surface area contributed by atoms with Gasteiger partial charge in [0.05, 0.1) is 6.61 Å². The number of thioether (sulfide) groups is 1. The molecule has 2 aromatic carbocycles. The van der Waals surface area contributed by atoms with E-state index in [0.717, 1.165) is 23.8 Å². The summed E-state index contributed by atoms with van der Waals surface area (Å²) in [6.07, 6.45) is 0.629. The Kier molecular flexibility index (Phi) is 6.00. The van der Waals surface area contributed by atoms with E-state index in [1.165, 1.54) is 23.7 Å².